The molecule has 2 saturated carbocycles. The van der Waals surface area contributed by atoms with E-state index in [1.807, 2.05) is 0 Å². The van der Waals surface area contributed by atoms with Crippen LogP contribution in [0, 0.1) is 5.41 Å². The number of alkyl halides is 3. The van der Waals surface area contributed by atoms with Crippen molar-refractivity contribution in [3.63, 3.8) is 0 Å². The van der Waals surface area contributed by atoms with Crippen molar-refractivity contribution in [3.8, 4) is 5.75 Å². The van der Waals surface area contributed by atoms with E-state index >= 15 is 0 Å². The van der Waals surface area contributed by atoms with Crippen LogP contribution in [0.5, 0.6) is 5.75 Å². The van der Waals surface area contributed by atoms with E-state index in [0.717, 1.165) is 32.1 Å². The van der Waals surface area contributed by atoms with E-state index in [9.17, 15) is 13.2 Å². The number of imidazole rings is 1. The number of halogens is 4. The van der Waals surface area contributed by atoms with Gasteiger partial charge in [0.25, 0.3) is 0 Å². The second-order valence-corrected chi connectivity index (χ2v) is 9.47. The summed E-state index contributed by atoms with van der Waals surface area (Å²) in [6.45, 7) is 1.04. The summed E-state index contributed by atoms with van der Waals surface area (Å²) in [7, 11) is 1.54. The van der Waals surface area contributed by atoms with Crippen LogP contribution in [0.2, 0.25) is 5.28 Å². The molecule has 0 spiro atoms. The molecule has 4 fully saturated rings. The number of ether oxygens (including phenoxy) is 2. The van der Waals surface area contributed by atoms with Gasteiger partial charge in [0.2, 0.25) is 5.28 Å². The highest BCUT2D eigenvalue weighted by Gasteiger charge is 2.54. The SMILES string of the molecule is COc1cnc(Cl)nc1NCC12CCC(c3nc(C(F)(F)F)cn3C3CCC3)(CC1)OC2. The van der Waals surface area contributed by atoms with E-state index in [-0.39, 0.29) is 16.7 Å². The van der Waals surface area contributed by atoms with Crippen LogP contribution in [0.15, 0.2) is 12.4 Å². The number of hydrogen-bond acceptors (Lipinski definition) is 6. The number of hydrogen-bond donors (Lipinski definition) is 1. The predicted octanol–water partition coefficient (Wildman–Crippen LogP) is 4.98. The highest BCUT2D eigenvalue weighted by molar-refractivity contribution is 6.28. The lowest BCUT2D eigenvalue weighted by atomic mass is 9.65. The summed E-state index contributed by atoms with van der Waals surface area (Å²) in [5, 5.41) is 3.43. The normalized spacial score (nSPS) is 27.9. The quantitative estimate of drug-likeness (QED) is 0.599. The molecule has 1 N–H and O–H groups in total. The fourth-order valence-corrected chi connectivity index (χ4v) is 5.12. The summed E-state index contributed by atoms with van der Waals surface area (Å²) in [5.41, 5.74) is -1.71. The largest absolute Gasteiger partial charge is 0.491 e. The summed E-state index contributed by atoms with van der Waals surface area (Å²) < 4.78 is 53.7. The topological polar surface area (TPSA) is 74.1 Å². The Morgan fingerprint density at radius 3 is 2.56 bits per heavy atom. The zero-order valence-electron chi connectivity index (χ0n) is 17.7. The zero-order valence-corrected chi connectivity index (χ0v) is 18.5. The molecule has 4 aliphatic rings. The van der Waals surface area contributed by atoms with Crippen molar-refractivity contribution in [2.45, 2.75) is 62.8 Å². The minimum atomic E-state index is -4.46. The second-order valence-electron chi connectivity index (χ2n) is 9.13. The highest BCUT2D eigenvalue weighted by atomic mass is 35.5. The van der Waals surface area contributed by atoms with Crippen molar-refractivity contribution in [1.29, 1.82) is 0 Å². The van der Waals surface area contributed by atoms with Gasteiger partial charge in [-0.05, 0) is 56.5 Å². The van der Waals surface area contributed by atoms with Gasteiger partial charge in [0.1, 0.15) is 11.4 Å². The van der Waals surface area contributed by atoms with E-state index < -0.39 is 17.5 Å². The second kappa shape index (κ2) is 7.76. The molecule has 2 aliphatic heterocycles. The number of methoxy groups -OCH3 is 1. The van der Waals surface area contributed by atoms with E-state index in [4.69, 9.17) is 21.1 Å². The maximum absolute atomic E-state index is 13.4. The molecule has 32 heavy (non-hydrogen) atoms. The van der Waals surface area contributed by atoms with Crippen LogP contribution in [0.3, 0.4) is 0 Å². The van der Waals surface area contributed by atoms with Crippen LogP contribution >= 0.6 is 11.6 Å². The Morgan fingerprint density at radius 1 is 1.25 bits per heavy atom. The molecule has 11 heteroatoms. The number of fused-ring (bicyclic) bond motifs is 3. The smallest absolute Gasteiger partial charge is 0.434 e. The third kappa shape index (κ3) is 3.71. The van der Waals surface area contributed by atoms with Gasteiger partial charge in [-0.2, -0.15) is 18.2 Å². The minimum absolute atomic E-state index is 0.0804. The lowest BCUT2D eigenvalue weighted by Crippen LogP contribution is -2.53. The molecule has 2 saturated heterocycles. The predicted molar refractivity (Wildman–Crippen MR) is 111 cm³/mol. The molecule has 0 unspecified atom stereocenters. The Labute approximate surface area is 188 Å². The molecule has 174 valence electrons. The van der Waals surface area contributed by atoms with Crippen LogP contribution in [0.25, 0.3) is 0 Å². The summed E-state index contributed by atoms with van der Waals surface area (Å²) in [5.74, 6) is 1.45. The van der Waals surface area contributed by atoms with Crippen molar-refractivity contribution in [2.24, 2.45) is 5.41 Å². The van der Waals surface area contributed by atoms with Gasteiger partial charge in [0.15, 0.2) is 17.3 Å². The van der Waals surface area contributed by atoms with Gasteiger partial charge in [0.05, 0.1) is 19.9 Å². The molecular formula is C21H25ClF3N5O2. The first-order valence-corrected chi connectivity index (χ1v) is 11.2. The number of rotatable bonds is 6. The summed E-state index contributed by atoms with van der Waals surface area (Å²) in [6.07, 6.45) is 3.94. The Morgan fingerprint density at radius 2 is 2.00 bits per heavy atom. The van der Waals surface area contributed by atoms with Crippen molar-refractivity contribution in [2.75, 3.05) is 25.6 Å². The fourth-order valence-electron chi connectivity index (χ4n) is 4.99. The third-order valence-corrected chi connectivity index (χ3v) is 7.43. The van der Waals surface area contributed by atoms with Crippen LogP contribution in [-0.4, -0.2) is 39.8 Å². The molecule has 0 atom stereocenters. The molecule has 2 aromatic heterocycles. The monoisotopic (exact) mass is 471 g/mol. The zero-order chi connectivity index (χ0) is 22.6. The van der Waals surface area contributed by atoms with Crippen molar-refractivity contribution in [1.82, 2.24) is 19.5 Å². The van der Waals surface area contributed by atoms with Gasteiger partial charge in [0, 0.05) is 24.2 Å². The molecule has 2 aliphatic carbocycles. The molecule has 0 amide bonds. The molecule has 0 aromatic carbocycles. The molecule has 6 rings (SSSR count). The first-order valence-electron chi connectivity index (χ1n) is 10.8. The number of anilines is 1. The Kier molecular flexibility index (Phi) is 5.28. The summed E-state index contributed by atoms with van der Waals surface area (Å²) in [6, 6.07) is 0.0804. The minimum Gasteiger partial charge on any atom is -0.491 e. The highest BCUT2D eigenvalue weighted by Crippen LogP contribution is 2.54. The van der Waals surface area contributed by atoms with Gasteiger partial charge in [-0.1, -0.05) is 0 Å². The number of nitrogens with one attached hydrogen (secondary N) is 1. The lowest BCUT2D eigenvalue weighted by Gasteiger charge is -2.53. The van der Waals surface area contributed by atoms with E-state index in [1.54, 1.807) is 4.57 Å². The average molecular weight is 472 g/mol. The van der Waals surface area contributed by atoms with Gasteiger partial charge in [-0.3, -0.25) is 0 Å². The number of nitrogens with zero attached hydrogens (tertiary/aromatic N) is 4. The maximum atomic E-state index is 13.4. The van der Waals surface area contributed by atoms with Crippen LogP contribution < -0.4 is 10.1 Å². The van der Waals surface area contributed by atoms with Crippen LogP contribution in [0.1, 0.15) is 62.5 Å². The molecule has 4 heterocycles. The van der Waals surface area contributed by atoms with Gasteiger partial charge < -0.3 is 19.4 Å². The molecule has 0 radical (unpaired) electrons. The standard InChI is InChI=1S/C21H25ClF3N5O2/c1-31-14-9-26-18(22)29-16(14)27-11-19-5-7-20(8-6-19,32-12-19)17-28-15(21(23,24)25)10-30(17)13-3-2-4-13/h9-10,13H,2-8,11-12H2,1H3,(H,26,27,29). The van der Waals surface area contributed by atoms with E-state index in [1.165, 1.54) is 19.5 Å². The first kappa shape index (κ1) is 21.8. The summed E-state index contributed by atoms with van der Waals surface area (Å²) in [4.78, 5) is 12.2. The van der Waals surface area contributed by atoms with E-state index in [2.05, 4.69) is 20.3 Å². The van der Waals surface area contributed by atoms with Gasteiger partial charge in [-0.25, -0.2) is 9.97 Å². The fraction of sp³-hybridized carbons (Fsp3) is 0.667. The Hall–Kier alpha value is -2.07. The molecule has 2 bridgehead atoms. The van der Waals surface area contributed by atoms with E-state index in [0.29, 0.717) is 43.4 Å². The Bertz CT molecular complexity index is 983. The average Bonchev–Trinajstić information content (AvgIpc) is 3.19. The molecule has 7 nitrogen and oxygen atoms in total. The first-order chi connectivity index (χ1) is 15.2. The van der Waals surface area contributed by atoms with Crippen molar-refractivity contribution >= 4 is 17.4 Å². The van der Waals surface area contributed by atoms with Crippen LogP contribution in [0.4, 0.5) is 19.0 Å². The maximum Gasteiger partial charge on any atom is 0.434 e. The lowest BCUT2D eigenvalue weighted by molar-refractivity contribution is -0.191. The van der Waals surface area contributed by atoms with Gasteiger partial charge >= 0.3 is 6.18 Å². The Balaban J connectivity index is 1.34. The summed E-state index contributed by atoms with van der Waals surface area (Å²) >= 11 is 5.92. The van der Waals surface area contributed by atoms with Crippen molar-refractivity contribution < 1.29 is 22.6 Å². The molecule has 2 aromatic rings. The number of aromatic nitrogens is 4. The third-order valence-electron chi connectivity index (χ3n) is 7.25. The van der Waals surface area contributed by atoms with Crippen LogP contribution in [-0.2, 0) is 16.5 Å². The van der Waals surface area contributed by atoms with Crippen molar-refractivity contribution in [3.05, 3.63) is 29.2 Å². The molecular weight excluding hydrogens is 447 g/mol. The van der Waals surface area contributed by atoms with Gasteiger partial charge in [-0.15, -0.1) is 0 Å².